The minimum atomic E-state index is 0.679. The first kappa shape index (κ1) is 12.4. The summed E-state index contributed by atoms with van der Waals surface area (Å²) < 4.78 is 0. The van der Waals surface area contributed by atoms with Gasteiger partial charge in [-0.2, -0.15) is 11.8 Å². The molecule has 1 N–H and O–H groups in total. The summed E-state index contributed by atoms with van der Waals surface area (Å²) in [6.07, 6.45) is 5.02. The van der Waals surface area contributed by atoms with E-state index >= 15 is 0 Å². The van der Waals surface area contributed by atoms with E-state index in [2.05, 4.69) is 17.6 Å². The highest BCUT2D eigenvalue weighted by Gasteiger charge is 2.15. The third kappa shape index (κ3) is 3.75. The maximum Gasteiger partial charge on any atom is 0.103 e. The molecule has 1 aliphatic heterocycles. The van der Waals surface area contributed by atoms with Gasteiger partial charge in [-0.3, -0.25) is 0 Å². The quantitative estimate of drug-likeness (QED) is 0.792. The third-order valence-electron chi connectivity index (χ3n) is 2.79. The molecule has 1 aliphatic rings. The van der Waals surface area contributed by atoms with Gasteiger partial charge >= 0.3 is 0 Å². The van der Waals surface area contributed by atoms with Crippen LogP contribution in [0.25, 0.3) is 0 Å². The van der Waals surface area contributed by atoms with Gasteiger partial charge in [-0.05, 0) is 31.6 Å². The van der Waals surface area contributed by atoms with Gasteiger partial charge in [-0.15, -0.1) is 11.3 Å². The normalized spacial score (nSPS) is 20.4. The molecule has 0 radical (unpaired) electrons. The number of nitrogens with zero attached hydrogens (tertiary/aromatic N) is 1. The number of hydrogen-bond donors (Lipinski definition) is 1. The fraction of sp³-hybridized carbons (Fsp3) is 0.750. The Morgan fingerprint density at radius 1 is 1.62 bits per heavy atom. The molecule has 1 aromatic heterocycles. The van der Waals surface area contributed by atoms with E-state index in [0.29, 0.717) is 6.04 Å². The average molecular weight is 256 g/mol. The molecular weight excluding hydrogens is 236 g/mol. The zero-order valence-corrected chi connectivity index (χ0v) is 11.5. The summed E-state index contributed by atoms with van der Waals surface area (Å²) in [5.74, 6) is 2.34. The molecule has 1 fully saturated rings. The van der Waals surface area contributed by atoms with Gasteiger partial charge in [0.25, 0.3) is 0 Å². The lowest BCUT2D eigenvalue weighted by Crippen LogP contribution is -2.23. The van der Waals surface area contributed by atoms with E-state index in [1.165, 1.54) is 42.3 Å². The molecule has 4 heteroatoms. The number of hydrogen-bond acceptors (Lipinski definition) is 4. The fourth-order valence-electron chi connectivity index (χ4n) is 2.00. The lowest BCUT2D eigenvalue weighted by molar-refractivity contribution is 0.596. The van der Waals surface area contributed by atoms with E-state index in [1.54, 1.807) is 0 Å². The lowest BCUT2D eigenvalue weighted by Gasteiger charge is -2.06. The molecule has 2 rings (SSSR count). The third-order valence-corrected chi connectivity index (χ3v) is 5.05. The summed E-state index contributed by atoms with van der Waals surface area (Å²) in [4.78, 5) is 4.70. The van der Waals surface area contributed by atoms with E-state index in [-0.39, 0.29) is 0 Å². The lowest BCUT2D eigenvalue weighted by atomic mass is 10.1. The Hall–Kier alpha value is -0.0600. The molecule has 0 bridgehead atoms. The number of nitrogens with one attached hydrogen (secondary N) is 1. The van der Waals surface area contributed by atoms with Crippen LogP contribution < -0.4 is 5.32 Å². The van der Waals surface area contributed by atoms with Crippen molar-refractivity contribution in [3.63, 3.8) is 0 Å². The number of thioether (sulfide) groups is 1. The maximum absolute atomic E-state index is 4.70. The number of rotatable bonds is 6. The Labute approximate surface area is 106 Å². The van der Waals surface area contributed by atoms with Crippen molar-refractivity contribution in [2.45, 2.75) is 44.4 Å². The molecule has 1 aromatic rings. The topological polar surface area (TPSA) is 24.9 Å². The highest BCUT2D eigenvalue weighted by atomic mass is 32.2. The van der Waals surface area contributed by atoms with Crippen LogP contribution in [0, 0.1) is 0 Å². The first-order chi connectivity index (χ1) is 7.88. The van der Waals surface area contributed by atoms with Gasteiger partial charge in [0, 0.05) is 23.6 Å². The van der Waals surface area contributed by atoms with Gasteiger partial charge in [-0.1, -0.05) is 6.92 Å². The highest BCUT2D eigenvalue weighted by Crippen LogP contribution is 2.19. The first-order valence-corrected chi connectivity index (χ1v) is 8.16. The van der Waals surface area contributed by atoms with Crippen molar-refractivity contribution < 1.29 is 0 Å². The van der Waals surface area contributed by atoms with Gasteiger partial charge in [0.05, 0.1) is 5.69 Å². The Balaban J connectivity index is 1.77. The Bertz CT molecular complexity index is 306. The molecule has 90 valence electrons. The summed E-state index contributed by atoms with van der Waals surface area (Å²) in [5, 5.41) is 7.06. The minimum absolute atomic E-state index is 0.679. The van der Waals surface area contributed by atoms with Crippen molar-refractivity contribution in [3.8, 4) is 0 Å². The Kier molecular flexibility index (Phi) is 5.13. The predicted molar refractivity (Wildman–Crippen MR) is 73.3 cm³/mol. The summed E-state index contributed by atoms with van der Waals surface area (Å²) in [5.41, 5.74) is 1.29. The molecule has 1 atom stereocenters. The summed E-state index contributed by atoms with van der Waals surface area (Å²) in [6.45, 7) is 3.42. The van der Waals surface area contributed by atoms with Crippen LogP contribution in [-0.2, 0) is 12.2 Å². The highest BCUT2D eigenvalue weighted by molar-refractivity contribution is 7.98. The van der Waals surface area contributed by atoms with Crippen LogP contribution in [0.3, 0.4) is 0 Å². The van der Waals surface area contributed by atoms with E-state index in [9.17, 15) is 0 Å². The summed E-state index contributed by atoms with van der Waals surface area (Å²) >= 11 is 3.82. The van der Waals surface area contributed by atoms with Gasteiger partial charge < -0.3 is 5.32 Å². The van der Waals surface area contributed by atoms with Gasteiger partial charge in [0.15, 0.2) is 0 Å². The van der Waals surface area contributed by atoms with Crippen LogP contribution in [0.2, 0.25) is 0 Å². The molecule has 1 saturated heterocycles. The van der Waals surface area contributed by atoms with Crippen LogP contribution in [-0.4, -0.2) is 23.3 Å². The smallest absolute Gasteiger partial charge is 0.103 e. The van der Waals surface area contributed by atoms with Crippen LogP contribution in [0.4, 0.5) is 0 Å². The van der Waals surface area contributed by atoms with E-state index in [0.717, 1.165) is 12.2 Å². The van der Waals surface area contributed by atoms with E-state index in [4.69, 9.17) is 4.98 Å². The molecule has 0 aliphatic carbocycles. The molecule has 16 heavy (non-hydrogen) atoms. The molecule has 2 heterocycles. The second-order valence-electron chi connectivity index (χ2n) is 4.28. The zero-order chi connectivity index (χ0) is 11.2. The second kappa shape index (κ2) is 6.62. The van der Waals surface area contributed by atoms with Crippen molar-refractivity contribution >= 4 is 23.1 Å². The molecule has 0 saturated carbocycles. The minimum Gasteiger partial charge on any atom is -0.314 e. The monoisotopic (exact) mass is 256 g/mol. The zero-order valence-electron chi connectivity index (χ0n) is 9.87. The van der Waals surface area contributed by atoms with Gasteiger partial charge in [0.1, 0.15) is 5.01 Å². The Morgan fingerprint density at radius 3 is 3.31 bits per heavy atom. The van der Waals surface area contributed by atoms with Crippen LogP contribution in [0.5, 0.6) is 0 Å². The summed E-state index contributed by atoms with van der Waals surface area (Å²) in [7, 11) is 0. The predicted octanol–water partition coefficient (Wildman–Crippen LogP) is 3.08. The van der Waals surface area contributed by atoms with Crippen LogP contribution in [0.1, 0.15) is 36.9 Å². The number of aromatic nitrogens is 1. The number of thiazole rings is 1. The van der Waals surface area contributed by atoms with Crippen molar-refractivity contribution in [1.29, 1.82) is 0 Å². The molecule has 0 amide bonds. The van der Waals surface area contributed by atoms with Crippen molar-refractivity contribution in [3.05, 3.63) is 16.1 Å². The van der Waals surface area contributed by atoms with Gasteiger partial charge in [-0.25, -0.2) is 4.98 Å². The molecule has 0 aromatic carbocycles. The fourth-order valence-corrected chi connectivity index (χ4v) is 3.78. The van der Waals surface area contributed by atoms with E-state index in [1.807, 2.05) is 23.1 Å². The largest absolute Gasteiger partial charge is 0.314 e. The molecular formula is C12H20N2S2. The summed E-state index contributed by atoms with van der Waals surface area (Å²) in [6, 6.07) is 0.679. The molecule has 1 unspecified atom stereocenters. The van der Waals surface area contributed by atoms with Crippen molar-refractivity contribution in [1.82, 2.24) is 10.3 Å². The van der Waals surface area contributed by atoms with Gasteiger partial charge in [0.2, 0.25) is 0 Å². The van der Waals surface area contributed by atoms with E-state index < -0.39 is 0 Å². The van der Waals surface area contributed by atoms with Crippen LogP contribution >= 0.6 is 23.1 Å². The van der Waals surface area contributed by atoms with Crippen molar-refractivity contribution in [2.24, 2.45) is 0 Å². The molecule has 0 spiro atoms. The Morgan fingerprint density at radius 2 is 2.56 bits per heavy atom. The standard InChI is InChI=1S/C12H20N2S2/c1-2-6-15-9-12-14-11(8-16-12)7-10-4-3-5-13-10/h8,10,13H,2-7,9H2,1H3. The average Bonchev–Trinajstić information content (AvgIpc) is 2.91. The second-order valence-corrected chi connectivity index (χ2v) is 6.33. The molecule has 2 nitrogen and oxygen atoms in total. The maximum atomic E-state index is 4.70. The van der Waals surface area contributed by atoms with Crippen LogP contribution in [0.15, 0.2) is 5.38 Å². The first-order valence-electron chi connectivity index (χ1n) is 6.13. The SMILES string of the molecule is CCCSCc1nc(CC2CCCN2)cs1. The van der Waals surface area contributed by atoms with Crippen molar-refractivity contribution in [2.75, 3.05) is 12.3 Å².